The van der Waals surface area contributed by atoms with Crippen LogP contribution >= 0.6 is 15.9 Å². The van der Waals surface area contributed by atoms with E-state index in [0.717, 1.165) is 21.7 Å². The van der Waals surface area contributed by atoms with Gasteiger partial charge in [0.25, 0.3) is 0 Å². The van der Waals surface area contributed by atoms with Crippen LogP contribution in [-0.2, 0) is 6.54 Å². The molecule has 0 radical (unpaired) electrons. The van der Waals surface area contributed by atoms with Crippen LogP contribution in [0.1, 0.15) is 31.2 Å². The summed E-state index contributed by atoms with van der Waals surface area (Å²) in [5.41, 5.74) is 1.11. The highest BCUT2D eigenvalue weighted by Gasteiger charge is 2.16. The first-order valence-corrected chi connectivity index (χ1v) is 7.82. The maximum Gasteiger partial charge on any atom is 0.191 e. The van der Waals surface area contributed by atoms with Crippen LogP contribution in [-0.4, -0.2) is 26.2 Å². The highest BCUT2D eigenvalue weighted by Crippen LogP contribution is 2.22. The van der Waals surface area contributed by atoms with Gasteiger partial charge < -0.3 is 15.4 Å². The van der Waals surface area contributed by atoms with E-state index in [1.807, 2.05) is 19.2 Å². The molecule has 0 heterocycles. The minimum absolute atomic E-state index is 0.561. The number of nitrogens with zero attached hydrogens (tertiary/aromatic N) is 1. The van der Waals surface area contributed by atoms with Gasteiger partial charge in [-0.05, 0) is 31.0 Å². The van der Waals surface area contributed by atoms with Gasteiger partial charge in [0.2, 0.25) is 0 Å². The Morgan fingerprint density at radius 1 is 1.40 bits per heavy atom. The molecule has 2 N–H and O–H groups in total. The molecule has 0 saturated heterocycles. The zero-order valence-corrected chi connectivity index (χ0v) is 13.7. The quantitative estimate of drug-likeness (QED) is 0.654. The molecule has 1 fully saturated rings. The highest BCUT2D eigenvalue weighted by atomic mass is 79.9. The van der Waals surface area contributed by atoms with Crippen molar-refractivity contribution in [3.8, 4) is 5.75 Å². The van der Waals surface area contributed by atoms with Crippen LogP contribution in [0, 0.1) is 0 Å². The van der Waals surface area contributed by atoms with Gasteiger partial charge in [0.15, 0.2) is 5.96 Å². The number of methoxy groups -OCH3 is 1. The van der Waals surface area contributed by atoms with E-state index in [0.29, 0.717) is 12.6 Å². The van der Waals surface area contributed by atoms with Gasteiger partial charge in [-0.15, -0.1) is 0 Å². The van der Waals surface area contributed by atoms with Crippen molar-refractivity contribution in [2.45, 2.75) is 38.3 Å². The van der Waals surface area contributed by atoms with Gasteiger partial charge in [-0.25, -0.2) is 0 Å². The Kier molecular flexibility index (Phi) is 5.71. The number of hydrogen-bond donors (Lipinski definition) is 2. The molecule has 20 heavy (non-hydrogen) atoms. The lowest BCUT2D eigenvalue weighted by atomic mass is 10.2. The zero-order valence-electron chi connectivity index (χ0n) is 12.1. The third-order valence-electron chi connectivity index (χ3n) is 3.61. The summed E-state index contributed by atoms with van der Waals surface area (Å²) in [5, 5.41) is 6.83. The molecule has 1 saturated carbocycles. The van der Waals surface area contributed by atoms with Crippen LogP contribution in [0.25, 0.3) is 0 Å². The Morgan fingerprint density at radius 3 is 2.80 bits per heavy atom. The third-order valence-corrected chi connectivity index (χ3v) is 4.10. The molecule has 1 aromatic carbocycles. The normalized spacial score (nSPS) is 16.2. The molecule has 1 aliphatic rings. The number of benzene rings is 1. The van der Waals surface area contributed by atoms with Crippen molar-refractivity contribution in [3.05, 3.63) is 28.2 Å². The highest BCUT2D eigenvalue weighted by molar-refractivity contribution is 9.10. The first kappa shape index (κ1) is 15.2. The summed E-state index contributed by atoms with van der Waals surface area (Å²) in [7, 11) is 3.50. The average molecular weight is 340 g/mol. The number of guanidine groups is 1. The fourth-order valence-electron chi connectivity index (χ4n) is 2.52. The Balaban J connectivity index is 1.94. The van der Waals surface area contributed by atoms with E-state index in [-0.39, 0.29) is 0 Å². The predicted octanol–water partition coefficient (Wildman–Crippen LogP) is 3.07. The second-order valence-electron chi connectivity index (χ2n) is 5.01. The van der Waals surface area contributed by atoms with Gasteiger partial charge in [-0.1, -0.05) is 28.8 Å². The summed E-state index contributed by atoms with van der Waals surface area (Å²) in [6.07, 6.45) is 5.10. The number of nitrogens with one attached hydrogen (secondary N) is 2. The summed E-state index contributed by atoms with van der Waals surface area (Å²) in [6, 6.07) is 6.57. The minimum atomic E-state index is 0.561. The maximum absolute atomic E-state index is 5.38. The predicted molar refractivity (Wildman–Crippen MR) is 86.3 cm³/mol. The van der Waals surface area contributed by atoms with Gasteiger partial charge in [0.1, 0.15) is 5.75 Å². The summed E-state index contributed by atoms with van der Waals surface area (Å²) in [6.45, 7) is 0.689. The van der Waals surface area contributed by atoms with Crippen LogP contribution < -0.4 is 15.4 Å². The van der Waals surface area contributed by atoms with Gasteiger partial charge in [0.05, 0.1) is 7.11 Å². The summed E-state index contributed by atoms with van der Waals surface area (Å²) in [5.74, 6) is 1.75. The van der Waals surface area contributed by atoms with Crippen LogP contribution in [0.4, 0.5) is 0 Å². The Morgan fingerprint density at radius 2 is 2.15 bits per heavy atom. The summed E-state index contributed by atoms with van der Waals surface area (Å²) < 4.78 is 6.43. The number of rotatable bonds is 4. The second-order valence-corrected chi connectivity index (χ2v) is 5.92. The standard InChI is InChI=1S/C15H22BrN3O/c1-17-15(19-13-5-3-4-6-13)18-10-11-9-12(16)7-8-14(11)20-2/h7-9,13H,3-6,10H2,1-2H3,(H2,17,18,19). The zero-order chi connectivity index (χ0) is 14.4. The van der Waals surface area contributed by atoms with Crippen LogP contribution in [0.2, 0.25) is 0 Å². The number of ether oxygens (including phenoxy) is 1. The van der Waals surface area contributed by atoms with Crippen LogP contribution in [0.15, 0.2) is 27.7 Å². The smallest absolute Gasteiger partial charge is 0.191 e. The second kappa shape index (κ2) is 7.53. The van der Waals surface area contributed by atoms with E-state index in [9.17, 15) is 0 Å². The van der Waals surface area contributed by atoms with E-state index in [4.69, 9.17) is 4.74 Å². The first-order chi connectivity index (χ1) is 9.72. The fraction of sp³-hybridized carbons (Fsp3) is 0.533. The lowest BCUT2D eigenvalue weighted by Gasteiger charge is -2.17. The molecule has 0 aliphatic heterocycles. The van der Waals surface area contributed by atoms with E-state index >= 15 is 0 Å². The van der Waals surface area contributed by atoms with E-state index in [1.54, 1.807) is 7.11 Å². The van der Waals surface area contributed by atoms with Crippen molar-refractivity contribution in [1.29, 1.82) is 0 Å². The molecule has 0 atom stereocenters. The topological polar surface area (TPSA) is 45.7 Å². The molecule has 0 bridgehead atoms. The summed E-state index contributed by atoms with van der Waals surface area (Å²) in [4.78, 5) is 4.29. The lowest BCUT2D eigenvalue weighted by molar-refractivity contribution is 0.409. The van der Waals surface area contributed by atoms with Crippen LogP contribution in [0.3, 0.4) is 0 Å². The monoisotopic (exact) mass is 339 g/mol. The van der Waals surface area contributed by atoms with Crippen molar-refractivity contribution >= 4 is 21.9 Å². The van der Waals surface area contributed by atoms with Crippen molar-refractivity contribution in [3.63, 3.8) is 0 Å². The van der Waals surface area contributed by atoms with E-state index < -0.39 is 0 Å². The van der Waals surface area contributed by atoms with Crippen LogP contribution in [0.5, 0.6) is 5.75 Å². The lowest BCUT2D eigenvalue weighted by Crippen LogP contribution is -2.41. The largest absolute Gasteiger partial charge is 0.496 e. The molecule has 0 amide bonds. The molecule has 5 heteroatoms. The van der Waals surface area contributed by atoms with Crippen molar-refractivity contribution in [2.24, 2.45) is 4.99 Å². The molecule has 110 valence electrons. The average Bonchev–Trinajstić information content (AvgIpc) is 2.96. The molecule has 1 aromatic rings. The molecule has 1 aliphatic carbocycles. The molecule has 0 spiro atoms. The summed E-state index contributed by atoms with van der Waals surface area (Å²) >= 11 is 3.49. The molecule has 0 unspecified atom stereocenters. The minimum Gasteiger partial charge on any atom is -0.496 e. The third kappa shape index (κ3) is 4.13. The van der Waals surface area contributed by atoms with Gasteiger partial charge in [-0.3, -0.25) is 4.99 Å². The van der Waals surface area contributed by atoms with Crippen molar-refractivity contribution in [2.75, 3.05) is 14.2 Å². The number of hydrogen-bond acceptors (Lipinski definition) is 2. The SMILES string of the molecule is CN=C(NCc1cc(Br)ccc1OC)NC1CCCC1. The molecule has 2 rings (SSSR count). The maximum atomic E-state index is 5.38. The van der Waals surface area contributed by atoms with Gasteiger partial charge >= 0.3 is 0 Å². The Labute approximate surface area is 129 Å². The van der Waals surface area contributed by atoms with Gasteiger partial charge in [-0.2, -0.15) is 0 Å². The van der Waals surface area contributed by atoms with E-state index in [2.05, 4.69) is 37.6 Å². The van der Waals surface area contributed by atoms with Crippen molar-refractivity contribution < 1.29 is 4.74 Å². The van der Waals surface area contributed by atoms with E-state index in [1.165, 1.54) is 25.7 Å². The molecular weight excluding hydrogens is 318 g/mol. The Hall–Kier alpha value is -1.23. The Bertz CT molecular complexity index is 470. The molecule has 4 nitrogen and oxygen atoms in total. The molecular formula is C15H22BrN3O. The molecule has 0 aromatic heterocycles. The van der Waals surface area contributed by atoms with Crippen molar-refractivity contribution in [1.82, 2.24) is 10.6 Å². The number of halogens is 1. The van der Waals surface area contributed by atoms with Gasteiger partial charge in [0, 0.05) is 29.7 Å². The first-order valence-electron chi connectivity index (χ1n) is 7.02. The number of aliphatic imine (C=N–C) groups is 1. The fourth-order valence-corrected chi connectivity index (χ4v) is 2.93.